The number of rotatable bonds is 7. The summed E-state index contributed by atoms with van der Waals surface area (Å²) in [7, 11) is 0. The van der Waals surface area contributed by atoms with Crippen molar-refractivity contribution in [3.63, 3.8) is 0 Å². The minimum atomic E-state index is -0.323. The van der Waals surface area contributed by atoms with E-state index in [2.05, 4.69) is 244 Å². The largest absolute Gasteiger partial charge is 0.337 e. The molecule has 0 spiro atoms. The van der Waals surface area contributed by atoms with E-state index in [0.717, 1.165) is 44.8 Å². The van der Waals surface area contributed by atoms with E-state index < -0.39 is 0 Å². The van der Waals surface area contributed by atoms with E-state index in [1.165, 1.54) is 54.9 Å². The minimum absolute atomic E-state index is 0.308. The summed E-state index contributed by atoms with van der Waals surface area (Å²) in [5.41, 5.74) is 15.0. The average molecular weight is 796 g/mol. The maximum absolute atomic E-state index is 5.34. The van der Waals surface area contributed by atoms with E-state index in [1.807, 2.05) is 0 Å². The molecule has 0 radical (unpaired) electrons. The van der Waals surface area contributed by atoms with Crippen molar-refractivity contribution in [1.82, 2.24) is 19.8 Å². The summed E-state index contributed by atoms with van der Waals surface area (Å²) in [5.74, 6) is 0.848. The van der Waals surface area contributed by atoms with Gasteiger partial charge in [-0.05, 0) is 75.8 Å². The van der Waals surface area contributed by atoms with Crippen molar-refractivity contribution < 1.29 is 0 Å². The Morgan fingerprint density at radius 2 is 0.903 bits per heavy atom. The molecular weight excluding hydrogens is 755 g/mol. The molecule has 0 saturated heterocycles. The molecule has 1 aliphatic rings. The second kappa shape index (κ2) is 14.9. The van der Waals surface area contributed by atoms with E-state index >= 15 is 0 Å². The lowest BCUT2D eigenvalue weighted by molar-refractivity contribution is 0.329. The van der Waals surface area contributed by atoms with Crippen molar-refractivity contribution in [2.45, 2.75) is 12.5 Å². The van der Waals surface area contributed by atoms with Gasteiger partial charge in [0.05, 0.1) is 27.8 Å². The molecule has 294 valence electrons. The van der Waals surface area contributed by atoms with Gasteiger partial charge in [-0.1, -0.05) is 182 Å². The van der Waals surface area contributed by atoms with Gasteiger partial charge in [-0.25, -0.2) is 4.99 Å². The fourth-order valence-corrected chi connectivity index (χ4v) is 9.49. The predicted octanol–water partition coefficient (Wildman–Crippen LogP) is 13.7. The van der Waals surface area contributed by atoms with Crippen LogP contribution in [0.3, 0.4) is 0 Å². The highest BCUT2D eigenvalue weighted by Crippen LogP contribution is 2.42. The fraction of sp³-hybridized carbons (Fsp3) is 0.0351. The first kappa shape index (κ1) is 35.9. The molecule has 5 heteroatoms. The number of nitrogens with zero attached hydrogens (tertiary/aromatic N) is 3. The Labute approximate surface area is 359 Å². The van der Waals surface area contributed by atoms with Gasteiger partial charge in [0.15, 0.2) is 6.29 Å². The van der Waals surface area contributed by atoms with Crippen LogP contribution in [0.2, 0.25) is 0 Å². The lowest BCUT2D eigenvalue weighted by Crippen LogP contribution is -2.47. The minimum Gasteiger partial charge on any atom is -0.337 e. The molecule has 11 aromatic rings. The number of hydrogen-bond donors (Lipinski definition) is 2. The molecule has 62 heavy (non-hydrogen) atoms. The monoisotopic (exact) mass is 795 g/mol. The van der Waals surface area contributed by atoms with Crippen LogP contribution in [0.5, 0.6) is 0 Å². The first-order valence-corrected chi connectivity index (χ1v) is 21.3. The van der Waals surface area contributed by atoms with Crippen molar-refractivity contribution in [2.24, 2.45) is 4.99 Å². The molecule has 2 aromatic heterocycles. The van der Waals surface area contributed by atoms with Crippen molar-refractivity contribution in [3.8, 4) is 39.1 Å². The molecule has 5 nitrogen and oxygen atoms in total. The molecule has 2 N–H and O–H groups in total. The van der Waals surface area contributed by atoms with Gasteiger partial charge in [-0.15, -0.1) is 0 Å². The van der Waals surface area contributed by atoms with Crippen molar-refractivity contribution >= 4 is 49.4 Å². The zero-order chi connectivity index (χ0) is 41.0. The number of nitrogens with one attached hydrogen (secondary N) is 2. The van der Waals surface area contributed by atoms with Crippen LogP contribution in [0.1, 0.15) is 23.6 Å². The van der Waals surface area contributed by atoms with Gasteiger partial charge in [0.1, 0.15) is 12.0 Å². The molecule has 0 saturated carbocycles. The number of aliphatic imine (C=N–C) groups is 1. The van der Waals surface area contributed by atoms with Gasteiger partial charge in [-0.2, -0.15) is 0 Å². The molecule has 3 heterocycles. The molecule has 0 bridgehead atoms. The van der Waals surface area contributed by atoms with Crippen molar-refractivity contribution in [1.29, 1.82) is 0 Å². The van der Waals surface area contributed by atoms with E-state index in [4.69, 9.17) is 4.99 Å². The normalized spacial score (nSPS) is 15.3. The van der Waals surface area contributed by atoms with Crippen LogP contribution in [-0.2, 0) is 0 Å². The number of benzene rings is 9. The average Bonchev–Trinajstić information content (AvgIpc) is 3.86. The Kier molecular flexibility index (Phi) is 8.65. The van der Waals surface area contributed by atoms with E-state index in [9.17, 15) is 0 Å². The zero-order valence-electron chi connectivity index (χ0n) is 33.9. The topological polar surface area (TPSA) is 46.3 Å². The first-order chi connectivity index (χ1) is 30.7. The molecule has 12 rings (SSSR count). The summed E-state index contributed by atoms with van der Waals surface area (Å²) in [5, 5.41) is 12.6. The van der Waals surface area contributed by atoms with Crippen LogP contribution in [0, 0.1) is 0 Å². The third kappa shape index (κ3) is 6.09. The summed E-state index contributed by atoms with van der Waals surface area (Å²) < 4.78 is 4.91. The smallest absolute Gasteiger partial charge is 0.162 e. The molecule has 0 fully saturated rings. The summed E-state index contributed by atoms with van der Waals surface area (Å²) in [6, 6.07) is 80.6. The van der Waals surface area contributed by atoms with Gasteiger partial charge in [0.25, 0.3) is 0 Å². The Morgan fingerprint density at radius 3 is 1.60 bits per heavy atom. The molecule has 0 amide bonds. The number of fused-ring (bicyclic) bond motifs is 6. The molecule has 9 aromatic carbocycles. The number of aromatic nitrogens is 2. The third-order valence-corrected chi connectivity index (χ3v) is 12.4. The molecule has 2 atom stereocenters. The van der Waals surface area contributed by atoms with Crippen molar-refractivity contribution in [3.05, 3.63) is 236 Å². The predicted molar refractivity (Wildman–Crippen MR) is 258 cm³/mol. The van der Waals surface area contributed by atoms with Gasteiger partial charge >= 0.3 is 0 Å². The van der Waals surface area contributed by atoms with Crippen LogP contribution in [0.25, 0.3) is 82.7 Å². The maximum Gasteiger partial charge on any atom is 0.162 e. The van der Waals surface area contributed by atoms with Gasteiger partial charge in [0, 0.05) is 32.7 Å². The van der Waals surface area contributed by atoms with Gasteiger partial charge in [0.2, 0.25) is 0 Å². The van der Waals surface area contributed by atoms with Crippen LogP contribution < -0.4 is 10.6 Å². The Hall–Kier alpha value is -7.99. The molecule has 1 aliphatic heterocycles. The highest BCUT2D eigenvalue weighted by atomic mass is 15.4. The number of para-hydroxylation sites is 2. The molecule has 2 unspecified atom stereocenters. The highest BCUT2D eigenvalue weighted by molar-refractivity contribution is 6.19. The maximum atomic E-state index is 5.34. The zero-order valence-corrected chi connectivity index (χ0v) is 33.9. The van der Waals surface area contributed by atoms with E-state index in [-0.39, 0.29) is 12.5 Å². The lowest BCUT2D eigenvalue weighted by Gasteiger charge is -2.33. The van der Waals surface area contributed by atoms with E-state index in [1.54, 1.807) is 0 Å². The van der Waals surface area contributed by atoms with Crippen LogP contribution in [0.15, 0.2) is 229 Å². The van der Waals surface area contributed by atoms with Gasteiger partial charge < -0.3 is 14.5 Å². The molecule has 0 aliphatic carbocycles. The number of amidine groups is 1. The van der Waals surface area contributed by atoms with Crippen LogP contribution >= 0.6 is 0 Å². The lowest BCUT2D eigenvalue weighted by atomic mass is 9.97. The number of hydrogen-bond acceptors (Lipinski definition) is 3. The summed E-state index contributed by atoms with van der Waals surface area (Å²) >= 11 is 0. The van der Waals surface area contributed by atoms with Gasteiger partial charge in [-0.3, -0.25) is 5.32 Å². The second-order valence-electron chi connectivity index (χ2n) is 16.0. The molecular formula is C57H41N5. The van der Waals surface area contributed by atoms with Crippen molar-refractivity contribution in [2.75, 3.05) is 0 Å². The Bertz CT molecular complexity index is 3460. The van der Waals surface area contributed by atoms with E-state index in [0.29, 0.717) is 0 Å². The first-order valence-electron chi connectivity index (χ1n) is 21.3. The summed E-state index contributed by atoms with van der Waals surface area (Å²) in [6.07, 6.45) is -0.631. The quantitative estimate of drug-likeness (QED) is 0.169. The van der Waals surface area contributed by atoms with Crippen LogP contribution in [0.4, 0.5) is 0 Å². The highest BCUT2D eigenvalue weighted by Gasteiger charge is 2.29. The standard InChI is InChI=1S/C57H41N5/c1-5-18-38(19-6-1)42-26-17-27-44(34-42)56-58-55(41-24-11-4-12-25-41)59-57(60-56)62-51-31-16-14-29-46(51)49-36-53-48(37-54(49)62)45-28-13-15-30-50(45)61(53)52-33-32-43(39-20-7-2-8-21-39)35-47(52)40-22-9-3-10-23-40/h1-37,56-57,60H,(H,58,59). The van der Waals surface area contributed by atoms with Crippen LogP contribution in [-0.4, -0.2) is 15.0 Å². The summed E-state index contributed by atoms with van der Waals surface area (Å²) in [4.78, 5) is 5.34. The Balaban J connectivity index is 1.07. The summed E-state index contributed by atoms with van der Waals surface area (Å²) in [6.45, 7) is 0. The second-order valence-corrected chi connectivity index (χ2v) is 16.0. The SMILES string of the molecule is c1ccc(C2=NC(c3cccc(-c4ccccc4)c3)NC(n3c4ccccc4c4cc5c(cc43)c3ccccc3n5-c3ccc(-c4ccccc4)cc3-c3ccccc3)N2)cc1. The Morgan fingerprint density at radius 1 is 0.371 bits per heavy atom. The third-order valence-electron chi connectivity index (χ3n) is 12.4. The fourth-order valence-electron chi connectivity index (χ4n) is 9.49.